The molecule has 2 atom stereocenters. The molecule has 104 valence electrons. The molecule has 2 rings (SSSR count). The highest BCUT2D eigenvalue weighted by Gasteiger charge is 2.23. The summed E-state index contributed by atoms with van der Waals surface area (Å²) < 4.78 is 0. The fourth-order valence-corrected chi connectivity index (χ4v) is 2.06. The largest absolute Gasteiger partial charge is 0.399 e. The van der Waals surface area contributed by atoms with E-state index in [-0.39, 0.29) is 0 Å². The lowest BCUT2D eigenvalue weighted by atomic mass is 9.96. The number of benzene rings is 2. The van der Waals surface area contributed by atoms with Crippen molar-refractivity contribution < 1.29 is 9.90 Å². The Balaban J connectivity index is 2.06. The van der Waals surface area contributed by atoms with Crippen molar-refractivity contribution in [2.24, 2.45) is 5.73 Å². The molecule has 0 saturated carbocycles. The monoisotopic (exact) mass is 270 g/mol. The number of Topliss-reactive ketones (excluding diaryl/α,β-unsaturated/α-hetero) is 1. The summed E-state index contributed by atoms with van der Waals surface area (Å²) in [6.45, 7) is 0. The van der Waals surface area contributed by atoms with Gasteiger partial charge in [0.1, 0.15) is 6.10 Å². The molecule has 0 aliphatic carbocycles. The third-order valence-electron chi connectivity index (χ3n) is 3.16. The first kappa shape index (κ1) is 14.2. The van der Waals surface area contributed by atoms with E-state index in [9.17, 15) is 9.90 Å². The van der Waals surface area contributed by atoms with Crippen LogP contribution in [-0.4, -0.2) is 16.9 Å². The number of rotatable bonds is 5. The normalized spacial score (nSPS) is 13.7. The minimum absolute atomic E-state index is 0.402. The Labute approximate surface area is 118 Å². The second-order valence-corrected chi connectivity index (χ2v) is 4.77. The number of aliphatic hydroxyl groups excluding tert-OH is 1. The predicted octanol–water partition coefficient (Wildman–Crippen LogP) is 1.44. The summed E-state index contributed by atoms with van der Waals surface area (Å²) in [6.07, 6.45) is -0.837. The number of hydrogen-bond acceptors (Lipinski definition) is 4. The standard InChI is InChI=1S/C16H18N2O2/c17-13-8-4-7-12(10-13)15(19)16(20)14(18)9-11-5-2-1-3-6-11/h1-8,10,14-15,19H,9,17-18H2. The Hall–Kier alpha value is -2.17. The van der Waals surface area contributed by atoms with Crippen molar-refractivity contribution in [1.82, 2.24) is 0 Å². The Morgan fingerprint density at radius 2 is 1.80 bits per heavy atom. The number of nitrogen functional groups attached to an aromatic ring is 1. The van der Waals surface area contributed by atoms with Gasteiger partial charge in [-0.15, -0.1) is 0 Å². The topological polar surface area (TPSA) is 89.3 Å². The van der Waals surface area contributed by atoms with Gasteiger partial charge >= 0.3 is 0 Å². The highest BCUT2D eigenvalue weighted by molar-refractivity contribution is 5.89. The van der Waals surface area contributed by atoms with Gasteiger partial charge < -0.3 is 16.6 Å². The molecule has 0 heterocycles. The van der Waals surface area contributed by atoms with Gasteiger partial charge in [-0.05, 0) is 29.7 Å². The maximum atomic E-state index is 12.1. The number of aliphatic hydroxyl groups is 1. The zero-order chi connectivity index (χ0) is 14.5. The van der Waals surface area contributed by atoms with Crippen molar-refractivity contribution in [3.8, 4) is 0 Å². The summed E-state index contributed by atoms with van der Waals surface area (Å²) >= 11 is 0. The Kier molecular flexibility index (Phi) is 4.50. The second kappa shape index (κ2) is 6.32. The number of anilines is 1. The quantitative estimate of drug-likeness (QED) is 0.717. The van der Waals surface area contributed by atoms with Gasteiger partial charge in [-0.1, -0.05) is 42.5 Å². The van der Waals surface area contributed by atoms with Crippen LogP contribution in [0.4, 0.5) is 5.69 Å². The molecule has 0 aliphatic heterocycles. The molecule has 0 fully saturated rings. The van der Waals surface area contributed by atoms with Crippen molar-refractivity contribution >= 4 is 11.5 Å². The van der Waals surface area contributed by atoms with E-state index in [1.54, 1.807) is 24.3 Å². The average Bonchev–Trinajstić information content (AvgIpc) is 2.46. The van der Waals surface area contributed by atoms with Crippen LogP contribution in [0, 0.1) is 0 Å². The minimum Gasteiger partial charge on any atom is -0.399 e. The highest BCUT2D eigenvalue weighted by Crippen LogP contribution is 2.18. The molecule has 20 heavy (non-hydrogen) atoms. The maximum Gasteiger partial charge on any atom is 0.182 e. The summed E-state index contributed by atoms with van der Waals surface area (Å²) in [5.74, 6) is -0.403. The van der Waals surface area contributed by atoms with Crippen LogP contribution in [0.25, 0.3) is 0 Å². The Bertz CT molecular complexity index is 584. The fraction of sp³-hybridized carbons (Fsp3) is 0.188. The molecule has 0 radical (unpaired) electrons. The van der Waals surface area contributed by atoms with E-state index in [1.807, 2.05) is 30.3 Å². The first-order valence-electron chi connectivity index (χ1n) is 6.44. The van der Waals surface area contributed by atoms with Gasteiger partial charge in [0.2, 0.25) is 0 Å². The van der Waals surface area contributed by atoms with Gasteiger partial charge in [-0.3, -0.25) is 4.79 Å². The molecule has 2 unspecified atom stereocenters. The van der Waals surface area contributed by atoms with Gasteiger partial charge in [0, 0.05) is 5.69 Å². The lowest BCUT2D eigenvalue weighted by molar-refractivity contribution is -0.128. The van der Waals surface area contributed by atoms with E-state index >= 15 is 0 Å². The number of carbonyl (C=O) groups is 1. The Morgan fingerprint density at radius 1 is 1.10 bits per heavy atom. The van der Waals surface area contributed by atoms with Crippen molar-refractivity contribution in [2.75, 3.05) is 5.73 Å². The molecule has 2 aromatic carbocycles. The van der Waals surface area contributed by atoms with Gasteiger partial charge in [0.25, 0.3) is 0 Å². The lowest BCUT2D eigenvalue weighted by Crippen LogP contribution is -2.36. The summed E-state index contributed by atoms with van der Waals surface area (Å²) in [6, 6.07) is 15.4. The molecule has 0 aliphatic rings. The molecule has 0 aromatic heterocycles. The second-order valence-electron chi connectivity index (χ2n) is 4.77. The highest BCUT2D eigenvalue weighted by atomic mass is 16.3. The van der Waals surface area contributed by atoms with E-state index in [4.69, 9.17) is 11.5 Å². The molecule has 2 aromatic rings. The van der Waals surface area contributed by atoms with Crippen molar-refractivity contribution in [3.63, 3.8) is 0 Å². The third-order valence-corrected chi connectivity index (χ3v) is 3.16. The lowest BCUT2D eigenvalue weighted by Gasteiger charge is -2.16. The number of nitrogens with two attached hydrogens (primary N) is 2. The van der Waals surface area contributed by atoms with Gasteiger partial charge in [-0.25, -0.2) is 0 Å². The maximum absolute atomic E-state index is 12.1. The van der Waals surface area contributed by atoms with Crippen LogP contribution in [-0.2, 0) is 11.2 Å². The Morgan fingerprint density at radius 3 is 2.45 bits per heavy atom. The van der Waals surface area contributed by atoms with Crippen LogP contribution in [0.2, 0.25) is 0 Å². The van der Waals surface area contributed by atoms with E-state index < -0.39 is 17.9 Å². The molecular formula is C16H18N2O2. The van der Waals surface area contributed by atoms with Crippen LogP contribution >= 0.6 is 0 Å². The zero-order valence-corrected chi connectivity index (χ0v) is 11.1. The number of ketones is 1. The summed E-state index contributed by atoms with van der Waals surface area (Å²) in [4.78, 5) is 12.1. The summed E-state index contributed by atoms with van der Waals surface area (Å²) in [5, 5.41) is 10.1. The molecular weight excluding hydrogens is 252 g/mol. The molecule has 4 heteroatoms. The summed E-state index contributed by atoms with van der Waals surface area (Å²) in [7, 11) is 0. The minimum atomic E-state index is -1.24. The van der Waals surface area contributed by atoms with Gasteiger partial charge in [0.05, 0.1) is 6.04 Å². The predicted molar refractivity (Wildman–Crippen MR) is 78.9 cm³/mol. The van der Waals surface area contributed by atoms with Gasteiger partial charge in [0.15, 0.2) is 5.78 Å². The van der Waals surface area contributed by atoms with Crippen LogP contribution in [0.3, 0.4) is 0 Å². The summed E-state index contributed by atoms with van der Waals surface area (Å²) in [5.41, 5.74) is 13.5. The number of carbonyl (C=O) groups excluding carboxylic acids is 1. The van der Waals surface area contributed by atoms with Crippen LogP contribution in [0.15, 0.2) is 54.6 Å². The van der Waals surface area contributed by atoms with Crippen LogP contribution in [0.1, 0.15) is 17.2 Å². The van der Waals surface area contributed by atoms with Crippen LogP contribution < -0.4 is 11.5 Å². The smallest absolute Gasteiger partial charge is 0.182 e. The average molecular weight is 270 g/mol. The van der Waals surface area contributed by atoms with Crippen molar-refractivity contribution in [2.45, 2.75) is 18.6 Å². The molecule has 4 nitrogen and oxygen atoms in total. The first-order chi connectivity index (χ1) is 9.58. The van der Waals surface area contributed by atoms with E-state index in [0.29, 0.717) is 17.7 Å². The third kappa shape index (κ3) is 3.44. The van der Waals surface area contributed by atoms with Crippen molar-refractivity contribution in [3.05, 3.63) is 65.7 Å². The molecule has 0 saturated heterocycles. The van der Waals surface area contributed by atoms with Gasteiger partial charge in [-0.2, -0.15) is 0 Å². The van der Waals surface area contributed by atoms with E-state index in [2.05, 4.69) is 0 Å². The molecule has 0 amide bonds. The van der Waals surface area contributed by atoms with E-state index in [0.717, 1.165) is 5.56 Å². The van der Waals surface area contributed by atoms with Crippen LogP contribution in [0.5, 0.6) is 0 Å². The molecule has 0 spiro atoms. The first-order valence-corrected chi connectivity index (χ1v) is 6.44. The molecule has 5 N–H and O–H groups in total. The SMILES string of the molecule is Nc1cccc(C(O)C(=O)C(N)Cc2ccccc2)c1. The molecule has 0 bridgehead atoms. The zero-order valence-electron chi connectivity index (χ0n) is 11.1. The van der Waals surface area contributed by atoms with Crippen molar-refractivity contribution in [1.29, 1.82) is 0 Å². The number of hydrogen-bond donors (Lipinski definition) is 3. The fourth-order valence-electron chi connectivity index (χ4n) is 2.06. The van der Waals surface area contributed by atoms with E-state index in [1.165, 1.54) is 0 Å².